The number of amides is 2. The number of aryl methyl sites for hydroxylation is 1. The Morgan fingerprint density at radius 2 is 1.90 bits per heavy atom. The van der Waals surface area contributed by atoms with Crippen molar-refractivity contribution < 1.29 is 19.1 Å². The van der Waals surface area contributed by atoms with Gasteiger partial charge in [0.15, 0.2) is 0 Å². The van der Waals surface area contributed by atoms with E-state index in [1.54, 1.807) is 13.0 Å². The molecule has 1 aromatic heterocycles. The van der Waals surface area contributed by atoms with E-state index in [1.807, 2.05) is 48.7 Å². The predicted molar refractivity (Wildman–Crippen MR) is 114 cm³/mol. The smallest absolute Gasteiger partial charge is 0.329 e. The fraction of sp³-hybridized carbons (Fsp3) is 0.286. The molecule has 1 aliphatic heterocycles. The fourth-order valence-electron chi connectivity index (χ4n) is 3.24. The van der Waals surface area contributed by atoms with Crippen LogP contribution in [0.1, 0.15) is 30.8 Å². The molecule has 2 amide bonds. The molecule has 1 aliphatic rings. The minimum Gasteiger partial charge on any atom is -0.464 e. The number of imide groups is 1. The molecule has 2 aromatic rings. The van der Waals surface area contributed by atoms with Gasteiger partial charge in [-0.3, -0.25) is 14.5 Å². The Bertz CT molecular complexity index is 1010. The van der Waals surface area contributed by atoms with E-state index >= 15 is 0 Å². The molecule has 0 spiro atoms. The van der Waals surface area contributed by atoms with Gasteiger partial charge in [0.05, 0.1) is 11.5 Å². The Hall–Kier alpha value is -2.51. The molecule has 0 radical (unpaired) electrons. The van der Waals surface area contributed by atoms with Gasteiger partial charge in [-0.05, 0) is 81.4 Å². The number of carbonyl (C=O) groups is 3. The van der Waals surface area contributed by atoms with Crippen LogP contribution in [0.3, 0.4) is 0 Å². The molecule has 1 aromatic carbocycles. The highest BCUT2D eigenvalue weighted by atomic mass is 35.5. The number of thioether (sulfide) groups is 1. The number of rotatable bonds is 5. The molecule has 0 bridgehead atoms. The minimum atomic E-state index is -0.963. The van der Waals surface area contributed by atoms with Crippen molar-refractivity contribution in [3.8, 4) is 5.69 Å². The second-order valence-corrected chi connectivity index (χ2v) is 8.05. The standard InChI is InChI=1S/C21H21ClN2O4S/c1-5-28-20(26)14(4)24-19(25)18(29-21(24)27)11-15-10-12(2)23(13(15)3)17-8-6-16(22)7-9-17/h6-11,14H,5H2,1-4H3/b18-11-/t14-/m0/s1. The highest BCUT2D eigenvalue weighted by Gasteiger charge is 2.41. The molecule has 0 N–H and O–H groups in total. The Labute approximate surface area is 178 Å². The lowest BCUT2D eigenvalue weighted by Crippen LogP contribution is -2.42. The maximum atomic E-state index is 12.8. The number of esters is 1. The van der Waals surface area contributed by atoms with Crippen LogP contribution in [-0.2, 0) is 14.3 Å². The molecular weight excluding hydrogens is 412 g/mol. The Morgan fingerprint density at radius 1 is 1.24 bits per heavy atom. The Morgan fingerprint density at radius 3 is 2.52 bits per heavy atom. The number of hydrogen-bond acceptors (Lipinski definition) is 5. The van der Waals surface area contributed by atoms with Gasteiger partial charge < -0.3 is 9.30 Å². The van der Waals surface area contributed by atoms with Crippen molar-refractivity contribution in [3.63, 3.8) is 0 Å². The molecule has 0 saturated carbocycles. The molecule has 29 heavy (non-hydrogen) atoms. The van der Waals surface area contributed by atoms with Crippen molar-refractivity contribution >= 4 is 46.6 Å². The summed E-state index contributed by atoms with van der Waals surface area (Å²) in [6, 6.07) is 8.46. The number of nitrogens with zero attached hydrogens (tertiary/aromatic N) is 2. The molecule has 3 rings (SSSR count). The highest BCUT2D eigenvalue weighted by molar-refractivity contribution is 8.18. The third kappa shape index (κ3) is 4.11. The summed E-state index contributed by atoms with van der Waals surface area (Å²) in [7, 11) is 0. The predicted octanol–water partition coefficient (Wildman–Crippen LogP) is 4.74. The molecular formula is C21H21ClN2O4S. The van der Waals surface area contributed by atoms with E-state index in [4.69, 9.17) is 16.3 Å². The number of carbonyl (C=O) groups excluding carboxylic acids is 3. The van der Waals surface area contributed by atoms with Gasteiger partial charge in [0.2, 0.25) is 0 Å². The van der Waals surface area contributed by atoms with E-state index in [0.717, 1.165) is 39.3 Å². The highest BCUT2D eigenvalue weighted by Crippen LogP contribution is 2.35. The largest absolute Gasteiger partial charge is 0.464 e. The fourth-order valence-corrected chi connectivity index (χ4v) is 4.27. The minimum absolute atomic E-state index is 0.186. The van der Waals surface area contributed by atoms with Gasteiger partial charge in [-0.25, -0.2) is 4.79 Å². The van der Waals surface area contributed by atoms with E-state index in [1.165, 1.54) is 6.92 Å². The van der Waals surface area contributed by atoms with Crippen LogP contribution in [-0.4, -0.2) is 39.2 Å². The van der Waals surface area contributed by atoms with Crippen molar-refractivity contribution in [1.82, 2.24) is 9.47 Å². The second-order valence-electron chi connectivity index (χ2n) is 6.62. The quantitative estimate of drug-likeness (QED) is 0.504. The van der Waals surface area contributed by atoms with Crippen LogP contribution >= 0.6 is 23.4 Å². The third-order valence-electron chi connectivity index (χ3n) is 4.68. The van der Waals surface area contributed by atoms with Crippen LogP contribution in [0.4, 0.5) is 4.79 Å². The first-order chi connectivity index (χ1) is 13.7. The van der Waals surface area contributed by atoms with E-state index in [-0.39, 0.29) is 11.5 Å². The second kappa shape index (κ2) is 8.47. The number of hydrogen-bond donors (Lipinski definition) is 0. The van der Waals surface area contributed by atoms with E-state index in [2.05, 4.69) is 0 Å². The summed E-state index contributed by atoms with van der Waals surface area (Å²) < 4.78 is 6.98. The molecule has 2 heterocycles. The Balaban J connectivity index is 1.92. The first-order valence-electron chi connectivity index (χ1n) is 9.13. The molecule has 6 nitrogen and oxygen atoms in total. The summed E-state index contributed by atoms with van der Waals surface area (Å²) in [6.07, 6.45) is 1.69. The average Bonchev–Trinajstić information content (AvgIpc) is 3.11. The van der Waals surface area contributed by atoms with Crippen molar-refractivity contribution in [1.29, 1.82) is 0 Å². The third-order valence-corrected chi connectivity index (χ3v) is 5.82. The number of aromatic nitrogens is 1. The average molecular weight is 433 g/mol. The Kier molecular flexibility index (Phi) is 6.19. The first kappa shape index (κ1) is 21.2. The molecule has 8 heteroatoms. The van der Waals surface area contributed by atoms with E-state index in [0.29, 0.717) is 5.02 Å². The van der Waals surface area contributed by atoms with Crippen LogP contribution in [0.2, 0.25) is 5.02 Å². The van der Waals surface area contributed by atoms with Gasteiger partial charge >= 0.3 is 5.97 Å². The van der Waals surface area contributed by atoms with Crippen molar-refractivity contribution in [2.45, 2.75) is 33.7 Å². The maximum absolute atomic E-state index is 12.8. The topological polar surface area (TPSA) is 68.6 Å². The van der Waals surface area contributed by atoms with Gasteiger partial charge in [-0.15, -0.1) is 0 Å². The van der Waals surface area contributed by atoms with Gasteiger partial charge in [-0.1, -0.05) is 11.6 Å². The summed E-state index contributed by atoms with van der Waals surface area (Å²) in [6.45, 7) is 7.26. The molecule has 1 atom stereocenters. The van der Waals surface area contributed by atoms with Gasteiger partial charge in [0, 0.05) is 22.1 Å². The zero-order valence-electron chi connectivity index (χ0n) is 16.6. The van der Waals surface area contributed by atoms with Gasteiger partial charge in [0.25, 0.3) is 11.1 Å². The van der Waals surface area contributed by atoms with Gasteiger partial charge in [0.1, 0.15) is 6.04 Å². The maximum Gasteiger partial charge on any atom is 0.329 e. The molecule has 0 aliphatic carbocycles. The summed E-state index contributed by atoms with van der Waals surface area (Å²) >= 11 is 6.81. The van der Waals surface area contributed by atoms with E-state index < -0.39 is 23.2 Å². The van der Waals surface area contributed by atoms with Crippen molar-refractivity contribution in [3.05, 3.63) is 57.2 Å². The van der Waals surface area contributed by atoms with Crippen LogP contribution in [0.25, 0.3) is 11.8 Å². The van der Waals surface area contributed by atoms with Crippen LogP contribution < -0.4 is 0 Å². The van der Waals surface area contributed by atoms with Gasteiger partial charge in [-0.2, -0.15) is 0 Å². The lowest BCUT2D eigenvalue weighted by atomic mass is 10.2. The summed E-state index contributed by atoms with van der Waals surface area (Å²) in [5.41, 5.74) is 3.69. The van der Waals surface area contributed by atoms with Crippen LogP contribution in [0, 0.1) is 13.8 Å². The lowest BCUT2D eigenvalue weighted by molar-refractivity contribution is -0.150. The van der Waals surface area contributed by atoms with Crippen LogP contribution in [0.15, 0.2) is 35.2 Å². The molecule has 152 valence electrons. The summed E-state index contributed by atoms with van der Waals surface area (Å²) in [4.78, 5) is 38.3. The molecule has 0 unspecified atom stereocenters. The summed E-state index contributed by atoms with van der Waals surface area (Å²) in [5, 5.41) is 0.175. The SMILES string of the molecule is CCOC(=O)[C@H](C)N1C(=O)S/C(=C\c2cc(C)n(-c3ccc(Cl)cc3)c2C)C1=O. The van der Waals surface area contributed by atoms with E-state index in [9.17, 15) is 14.4 Å². The van der Waals surface area contributed by atoms with Crippen LogP contribution in [0.5, 0.6) is 0 Å². The van der Waals surface area contributed by atoms with Crippen molar-refractivity contribution in [2.75, 3.05) is 6.61 Å². The number of ether oxygens (including phenoxy) is 1. The first-order valence-corrected chi connectivity index (χ1v) is 10.3. The number of halogens is 1. The zero-order valence-corrected chi connectivity index (χ0v) is 18.1. The summed E-state index contributed by atoms with van der Waals surface area (Å²) in [5.74, 6) is -1.09. The molecule has 1 fully saturated rings. The lowest BCUT2D eigenvalue weighted by Gasteiger charge is -2.19. The normalized spacial score (nSPS) is 16.6. The number of benzene rings is 1. The zero-order chi connectivity index (χ0) is 21.3. The van der Waals surface area contributed by atoms with Crippen molar-refractivity contribution in [2.24, 2.45) is 0 Å². The molecule has 1 saturated heterocycles. The monoisotopic (exact) mass is 432 g/mol.